The molecule has 0 saturated heterocycles. The minimum Gasteiger partial charge on any atom is -0.339 e. The Labute approximate surface area is 188 Å². The molecular weight excluding hydrogens is 462 g/mol. The molecule has 0 amide bonds. The van der Waals surface area contributed by atoms with E-state index in [9.17, 15) is 26.3 Å². The molecule has 0 atom stereocenters. The van der Waals surface area contributed by atoms with E-state index in [-0.39, 0.29) is 46.9 Å². The molecule has 34 heavy (non-hydrogen) atoms. The van der Waals surface area contributed by atoms with E-state index < -0.39 is 30.3 Å². The maximum absolute atomic E-state index is 14.8. The monoisotopic (exact) mass is 476 g/mol. The summed E-state index contributed by atoms with van der Waals surface area (Å²) >= 11 is 0. The maximum Gasteiger partial charge on any atom is 0.405 e. The van der Waals surface area contributed by atoms with Crippen molar-refractivity contribution in [2.75, 3.05) is 5.32 Å². The highest BCUT2D eigenvalue weighted by molar-refractivity contribution is 5.93. The van der Waals surface area contributed by atoms with Gasteiger partial charge in [0.1, 0.15) is 28.6 Å². The Balaban J connectivity index is 1.54. The van der Waals surface area contributed by atoms with Gasteiger partial charge in [-0.15, -0.1) is 10.2 Å². The molecule has 12 heteroatoms. The van der Waals surface area contributed by atoms with Crippen molar-refractivity contribution in [2.24, 2.45) is 5.41 Å². The van der Waals surface area contributed by atoms with Crippen LogP contribution in [0.3, 0.4) is 0 Å². The standard InChI is InChI=1S/C22H14F6N6/c23-14-2-1-3-15-18(14)19(31-20-33-32-17(34(15)20)11-16(24)25)30-13-5-9-29-12(10-13)4-6-21(7-8-21)22(26,27)28/h1-3,5,9-10,16H,7-8,11H2,(H,29,30,31,33). The zero-order chi connectivity index (χ0) is 24.1. The Kier molecular flexibility index (Phi) is 5.07. The van der Waals surface area contributed by atoms with Crippen LogP contribution in [0.4, 0.5) is 37.8 Å². The van der Waals surface area contributed by atoms with Crippen LogP contribution < -0.4 is 5.32 Å². The van der Waals surface area contributed by atoms with Crippen LogP contribution in [0.15, 0.2) is 36.5 Å². The van der Waals surface area contributed by atoms with Crippen LogP contribution in [0.25, 0.3) is 16.7 Å². The summed E-state index contributed by atoms with van der Waals surface area (Å²) in [6.07, 6.45) is -6.54. The van der Waals surface area contributed by atoms with Crippen molar-refractivity contribution in [3.63, 3.8) is 0 Å². The molecule has 0 unspecified atom stereocenters. The predicted octanol–water partition coefficient (Wildman–Crippen LogP) is 5.06. The Hall–Kier alpha value is -3.88. The number of pyridine rings is 1. The van der Waals surface area contributed by atoms with Gasteiger partial charge in [-0.25, -0.2) is 18.2 Å². The minimum atomic E-state index is -4.41. The van der Waals surface area contributed by atoms with E-state index in [1.54, 1.807) is 0 Å². The van der Waals surface area contributed by atoms with E-state index >= 15 is 0 Å². The molecular formula is C22H14F6N6. The molecule has 1 fully saturated rings. The normalized spacial score (nSPS) is 14.9. The van der Waals surface area contributed by atoms with E-state index in [0.717, 1.165) is 0 Å². The molecule has 174 valence electrons. The third-order valence-electron chi connectivity index (χ3n) is 5.48. The van der Waals surface area contributed by atoms with Crippen LogP contribution in [0.2, 0.25) is 0 Å². The fraction of sp³-hybridized carbons (Fsp3) is 0.273. The summed E-state index contributed by atoms with van der Waals surface area (Å²) in [4.78, 5) is 8.21. The second-order valence-corrected chi connectivity index (χ2v) is 7.83. The average Bonchev–Trinajstić information content (AvgIpc) is 3.48. The molecule has 0 spiro atoms. The molecule has 1 N–H and O–H groups in total. The van der Waals surface area contributed by atoms with E-state index in [0.29, 0.717) is 5.69 Å². The van der Waals surface area contributed by atoms with Crippen molar-refractivity contribution in [1.82, 2.24) is 24.6 Å². The van der Waals surface area contributed by atoms with Crippen LogP contribution >= 0.6 is 0 Å². The maximum atomic E-state index is 14.8. The highest BCUT2D eigenvalue weighted by Crippen LogP contribution is 2.57. The number of hydrogen-bond acceptors (Lipinski definition) is 5. The van der Waals surface area contributed by atoms with E-state index in [4.69, 9.17) is 0 Å². The molecule has 0 bridgehead atoms. The summed E-state index contributed by atoms with van der Waals surface area (Å²) in [7, 11) is 0. The number of anilines is 2. The van der Waals surface area contributed by atoms with Crippen LogP contribution in [0, 0.1) is 23.1 Å². The molecule has 3 aromatic heterocycles. The second kappa shape index (κ2) is 7.86. The molecule has 6 nitrogen and oxygen atoms in total. The van der Waals surface area contributed by atoms with Crippen molar-refractivity contribution in [2.45, 2.75) is 31.9 Å². The molecule has 1 saturated carbocycles. The second-order valence-electron chi connectivity index (χ2n) is 7.83. The summed E-state index contributed by atoms with van der Waals surface area (Å²) in [5.41, 5.74) is -1.34. The highest BCUT2D eigenvalue weighted by Gasteiger charge is 2.62. The quantitative estimate of drug-likeness (QED) is 0.330. The lowest BCUT2D eigenvalue weighted by molar-refractivity contribution is -0.168. The predicted molar refractivity (Wildman–Crippen MR) is 110 cm³/mol. The van der Waals surface area contributed by atoms with E-state index in [1.165, 1.54) is 40.9 Å². The van der Waals surface area contributed by atoms with Gasteiger partial charge in [0.15, 0.2) is 0 Å². The number of hydrogen-bond donors (Lipinski definition) is 1. The van der Waals surface area contributed by atoms with E-state index in [2.05, 4.69) is 37.3 Å². The van der Waals surface area contributed by atoms with Gasteiger partial charge in [0, 0.05) is 11.9 Å². The van der Waals surface area contributed by atoms with Crippen LogP contribution in [0.1, 0.15) is 24.4 Å². The third-order valence-corrected chi connectivity index (χ3v) is 5.48. The van der Waals surface area contributed by atoms with Gasteiger partial charge in [0.2, 0.25) is 6.43 Å². The molecule has 4 aromatic rings. The van der Waals surface area contributed by atoms with Gasteiger partial charge in [-0.2, -0.15) is 18.2 Å². The van der Waals surface area contributed by atoms with Gasteiger partial charge in [-0.1, -0.05) is 12.0 Å². The lowest BCUT2D eigenvalue weighted by Crippen LogP contribution is -2.22. The molecule has 0 radical (unpaired) electrons. The Morgan fingerprint density at radius 2 is 1.94 bits per heavy atom. The van der Waals surface area contributed by atoms with Crippen molar-refractivity contribution in [3.8, 4) is 11.8 Å². The number of halogens is 6. The number of fused-ring (bicyclic) bond motifs is 3. The number of rotatable bonds is 4. The number of benzene rings is 1. The zero-order valence-electron chi connectivity index (χ0n) is 17.2. The third kappa shape index (κ3) is 3.87. The Morgan fingerprint density at radius 1 is 1.15 bits per heavy atom. The lowest BCUT2D eigenvalue weighted by Gasteiger charge is -2.12. The average molecular weight is 476 g/mol. The van der Waals surface area contributed by atoms with Gasteiger partial charge < -0.3 is 5.32 Å². The Bertz CT molecular complexity index is 1460. The van der Waals surface area contributed by atoms with Crippen molar-refractivity contribution >= 4 is 28.2 Å². The fourth-order valence-electron chi connectivity index (χ4n) is 3.58. The summed E-state index contributed by atoms with van der Waals surface area (Å²) in [5, 5.41) is 10.5. The SMILES string of the molecule is Fc1cccc2c1c(Nc1ccnc(C#CC3(C(F)(F)F)CC3)c1)nc1nnc(CC(F)F)n12. The first-order chi connectivity index (χ1) is 16.2. The van der Waals surface area contributed by atoms with Gasteiger partial charge >= 0.3 is 6.18 Å². The fourth-order valence-corrected chi connectivity index (χ4v) is 3.58. The van der Waals surface area contributed by atoms with Crippen molar-refractivity contribution < 1.29 is 26.3 Å². The number of nitrogens with one attached hydrogen (secondary N) is 1. The van der Waals surface area contributed by atoms with Crippen LogP contribution in [-0.2, 0) is 6.42 Å². The molecule has 0 aliphatic heterocycles. The first-order valence-corrected chi connectivity index (χ1v) is 10.1. The van der Waals surface area contributed by atoms with Crippen molar-refractivity contribution in [1.29, 1.82) is 0 Å². The smallest absolute Gasteiger partial charge is 0.339 e. The highest BCUT2D eigenvalue weighted by atomic mass is 19.4. The largest absolute Gasteiger partial charge is 0.405 e. The molecule has 1 aliphatic rings. The molecule has 1 aliphatic carbocycles. The van der Waals surface area contributed by atoms with Gasteiger partial charge in [-0.3, -0.25) is 4.40 Å². The number of nitrogens with zero attached hydrogens (tertiary/aromatic N) is 5. The lowest BCUT2D eigenvalue weighted by atomic mass is 10.1. The van der Waals surface area contributed by atoms with Crippen LogP contribution in [-0.4, -0.2) is 37.2 Å². The van der Waals surface area contributed by atoms with Gasteiger partial charge in [0.05, 0.1) is 17.3 Å². The van der Waals surface area contributed by atoms with Crippen molar-refractivity contribution in [3.05, 3.63) is 53.9 Å². The summed E-state index contributed by atoms with van der Waals surface area (Å²) in [6.45, 7) is 0. The summed E-state index contributed by atoms with van der Waals surface area (Å²) in [6, 6.07) is 7.04. The molecule has 1 aromatic carbocycles. The molecule has 3 heterocycles. The minimum absolute atomic E-state index is 0.00349. The zero-order valence-corrected chi connectivity index (χ0v) is 17.2. The first-order valence-electron chi connectivity index (χ1n) is 10.1. The molecule has 5 rings (SSSR count). The van der Waals surface area contributed by atoms with Crippen LogP contribution in [0.5, 0.6) is 0 Å². The number of aromatic nitrogens is 5. The van der Waals surface area contributed by atoms with Gasteiger partial charge in [0.25, 0.3) is 5.78 Å². The Morgan fingerprint density at radius 3 is 2.65 bits per heavy atom. The first kappa shape index (κ1) is 21.9. The topological polar surface area (TPSA) is 68.0 Å². The number of alkyl halides is 5. The van der Waals surface area contributed by atoms with E-state index in [1.807, 2.05) is 0 Å². The van der Waals surface area contributed by atoms with Gasteiger partial charge in [-0.05, 0) is 43.0 Å². The summed E-state index contributed by atoms with van der Waals surface area (Å²) in [5.74, 6) is 4.01. The summed E-state index contributed by atoms with van der Waals surface area (Å²) < 4.78 is 81.3.